The monoisotopic (exact) mass is 391 g/mol. The molecule has 3 aromatic heterocycles. The molecule has 2 atom stereocenters. The first-order chi connectivity index (χ1) is 13.4. The Hall–Kier alpha value is -2.91. The van der Waals surface area contributed by atoms with Gasteiger partial charge in [-0.25, -0.2) is 9.97 Å². The third kappa shape index (κ3) is 2.83. The Kier molecular flexibility index (Phi) is 3.72. The van der Waals surface area contributed by atoms with Gasteiger partial charge in [-0.05, 0) is 18.4 Å². The summed E-state index contributed by atoms with van der Waals surface area (Å²) in [5.74, 6) is -1.07. The Morgan fingerprint density at radius 3 is 3.00 bits per heavy atom. The van der Waals surface area contributed by atoms with E-state index in [1.54, 1.807) is 6.20 Å². The summed E-state index contributed by atoms with van der Waals surface area (Å²) >= 11 is 0. The van der Waals surface area contributed by atoms with Crippen LogP contribution in [0.5, 0.6) is 0 Å². The number of carbonyl (C=O) groups is 1. The van der Waals surface area contributed by atoms with Crippen LogP contribution in [0.3, 0.4) is 0 Å². The predicted octanol–water partition coefficient (Wildman–Crippen LogP) is 3.28. The van der Waals surface area contributed by atoms with Crippen LogP contribution >= 0.6 is 0 Å². The van der Waals surface area contributed by atoms with E-state index in [0.717, 1.165) is 11.2 Å². The van der Waals surface area contributed by atoms with Crippen molar-refractivity contribution in [3.8, 4) is 0 Å². The largest absolute Gasteiger partial charge is 0.392 e. The lowest BCUT2D eigenvalue weighted by Gasteiger charge is -2.27. The molecule has 0 radical (unpaired) electrons. The van der Waals surface area contributed by atoms with Crippen LogP contribution in [0.1, 0.15) is 34.7 Å². The van der Waals surface area contributed by atoms with Crippen molar-refractivity contribution in [2.45, 2.75) is 32.0 Å². The van der Waals surface area contributed by atoms with E-state index in [1.807, 2.05) is 11.0 Å². The first-order valence-electron chi connectivity index (χ1n) is 9.02. The van der Waals surface area contributed by atoms with Gasteiger partial charge in [-0.2, -0.15) is 13.2 Å². The summed E-state index contributed by atoms with van der Waals surface area (Å²) in [5, 5.41) is 4.74. The lowest BCUT2D eigenvalue weighted by molar-refractivity contribution is -0.150. The molecule has 4 heterocycles. The second-order valence-electron chi connectivity index (χ2n) is 7.31. The number of Topliss-reactive ketones (excluding diaryl/α,β-unsaturated/α-hetero) is 1. The van der Waals surface area contributed by atoms with Gasteiger partial charge in [0.1, 0.15) is 23.6 Å². The lowest BCUT2D eigenvalue weighted by atomic mass is 10.0. The minimum atomic E-state index is -4.24. The molecule has 0 bridgehead atoms. The molecule has 0 saturated heterocycles. The molecular weight excluding hydrogens is 375 g/mol. The van der Waals surface area contributed by atoms with Crippen molar-refractivity contribution in [3.63, 3.8) is 0 Å². The van der Waals surface area contributed by atoms with Crippen LogP contribution in [0.2, 0.25) is 0 Å². The summed E-state index contributed by atoms with van der Waals surface area (Å²) in [6, 6.07) is 1.88. The number of anilines is 1. The second-order valence-corrected chi connectivity index (χ2v) is 7.31. The first-order valence-corrected chi connectivity index (χ1v) is 9.02. The van der Waals surface area contributed by atoms with Gasteiger partial charge >= 0.3 is 6.18 Å². The fraction of sp³-hybridized carbons (Fsp3) is 0.444. The number of hydrogen-bond acceptors (Lipinski definition) is 6. The molecule has 0 aromatic carbocycles. The van der Waals surface area contributed by atoms with Crippen LogP contribution < -0.4 is 4.90 Å². The molecule has 1 aliphatic heterocycles. The Labute approximate surface area is 156 Å². The van der Waals surface area contributed by atoms with Crippen molar-refractivity contribution in [1.82, 2.24) is 20.1 Å². The number of aromatic nitrogens is 4. The van der Waals surface area contributed by atoms with Gasteiger partial charge in [0, 0.05) is 31.1 Å². The molecule has 28 heavy (non-hydrogen) atoms. The number of aromatic amines is 1. The number of halogens is 3. The first kappa shape index (κ1) is 17.2. The van der Waals surface area contributed by atoms with Crippen molar-refractivity contribution < 1.29 is 22.5 Å². The number of alkyl halides is 3. The maximum absolute atomic E-state index is 12.7. The molecule has 0 spiro atoms. The molecular formula is C18H16F3N5O2. The third-order valence-corrected chi connectivity index (χ3v) is 5.51. The van der Waals surface area contributed by atoms with Crippen molar-refractivity contribution in [2.75, 3.05) is 11.4 Å². The zero-order chi connectivity index (χ0) is 19.5. The highest BCUT2D eigenvalue weighted by Gasteiger charge is 2.56. The zero-order valence-electron chi connectivity index (χ0n) is 14.7. The van der Waals surface area contributed by atoms with E-state index in [-0.39, 0.29) is 18.5 Å². The third-order valence-electron chi connectivity index (χ3n) is 5.51. The fourth-order valence-corrected chi connectivity index (χ4v) is 3.93. The second kappa shape index (κ2) is 6.05. The van der Waals surface area contributed by atoms with Crippen LogP contribution in [0.25, 0.3) is 11.0 Å². The molecule has 2 unspecified atom stereocenters. The van der Waals surface area contributed by atoms with Crippen molar-refractivity contribution in [3.05, 3.63) is 35.6 Å². The summed E-state index contributed by atoms with van der Waals surface area (Å²) < 4.78 is 43.5. The highest BCUT2D eigenvalue weighted by Crippen LogP contribution is 2.52. The van der Waals surface area contributed by atoms with Crippen molar-refractivity contribution in [2.24, 2.45) is 11.8 Å². The van der Waals surface area contributed by atoms with Gasteiger partial charge in [-0.3, -0.25) is 4.79 Å². The number of fused-ring (bicyclic) bond motifs is 2. The van der Waals surface area contributed by atoms with Crippen molar-refractivity contribution in [1.29, 1.82) is 0 Å². The number of ketones is 1. The molecule has 2 aliphatic rings. The molecule has 1 N–H and O–H groups in total. The highest BCUT2D eigenvalue weighted by atomic mass is 19.4. The standard InChI is InChI=1S/C18H16F3N5O2/c19-18(20,21)12-5-9(12)6-13(27)15-11-7-26(4-2-14(11)28-25-15)17-10-1-3-22-16(10)23-8-24-17/h1,3,8-9,12H,2,4-7H2,(H,22,23,24). The van der Waals surface area contributed by atoms with Crippen LogP contribution in [-0.2, 0) is 13.0 Å². The van der Waals surface area contributed by atoms with E-state index in [4.69, 9.17) is 4.52 Å². The van der Waals surface area contributed by atoms with Gasteiger partial charge in [-0.1, -0.05) is 5.16 Å². The molecule has 1 fully saturated rings. The number of nitrogens with zero attached hydrogens (tertiary/aromatic N) is 4. The Balaban J connectivity index is 1.37. The van der Waals surface area contributed by atoms with E-state index in [0.29, 0.717) is 36.5 Å². The lowest BCUT2D eigenvalue weighted by Crippen LogP contribution is -2.31. The molecule has 1 saturated carbocycles. The van der Waals surface area contributed by atoms with Crippen LogP contribution in [-0.4, -0.2) is 38.6 Å². The van der Waals surface area contributed by atoms with Gasteiger partial charge in [0.2, 0.25) is 0 Å². The number of rotatable bonds is 4. The molecule has 5 rings (SSSR count). The summed E-state index contributed by atoms with van der Waals surface area (Å²) in [6.45, 7) is 0.996. The van der Waals surface area contributed by atoms with Crippen LogP contribution in [0, 0.1) is 11.8 Å². The molecule has 0 amide bonds. The van der Waals surface area contributed by atoms with Gasteiger partial charge in [0.05, 0.1) is 17.8 Å². The van der Waals surface area contributed by atoms with Gasteiger partial charge < -0.3 is 14.4 Å². The summed E-state index contributed by atoms with van der Waals surface area (Å²) in [6.07, 6.45) is -0.598. The Bertz CT molecular complexity index is 1060. The summed E-state index contributed by atoms with van der Waals surface area (Å²) in [4.78, 5) is 26.1. The average Bonchev–Trinajstić information content (AvgIpc) is 3.11. The number of H-pyrrole nitrogens is 1. The Morgan fingerprint density at radius 1 is 1.36 bits per heavy atom. The Morgan fingerprint density at radius 2 is 2.21 bits per heavy atom. The van der Waals surface area contributed by atoms with Crippen LogP contribution in [0.15, 0.2) is 23.1 Å². The predicted molar refractivity (Wildman–Crippen MR) is 91.7 cm³/mol. The number of nitrogens with one attached hydrogen (secondary N) is 1. The van der Waals surface area contributed by atoms with Crippen molar-refractivity contribution >= 4 is 22.6 Å². The minimum absolute atomic E-state index is 0.00775. The molecule has 10 heteroatoms. The van der Waals surface area contributed by atoms with E-state index in [2.05, 4.69) is 20.1 Å². The smallest absolute Gasteiger partial charge is 0.360 e. The normalized spacial score (nSPS) is 21.8. The summed E-state index contributed by atoms with van der Waals surface area (Å²) in [5.41, 5.74) is 1.50. The molecule has 3 aromatic rings. The fourth-order valence-electron chi connectivity index (χ4n) is 3.93. The maximum atomic E-state index is 12.7. The molecule has 7 nitrogen and oxygen atoms in total. The average molecular weight is 391 g/mol. The SMILES string of the molecule is O=C(CC1CC1C(F)(F)F)c1noc2c1CN(c1ncnc3[nH]ccc13)CC2. The van der Waals surface area contributed by atoms with Crippen LogP contribution in [0.4, 0.5) is 19.0 Å². The summed E-state index contributed by atoms with van der Waals surface area (Å²) in [7, 11) is 0. The molecule has 146 valence electrons. The van der Waals surface area contributed by atoms with Gasteiger partial charge in [0.25, 0.3) is 0 Å². The minimum Gasteiger partial charge on any atom is -0.360 e. The van der Waals surface area contributed by atoms with E-state index < -0.39 is 23.8 Å². The van der Waals surface area contributed by atoms with E-state index in [9.17, 15) is 18.0 Å². The van der Waals surface area contributed by atoms with E-state index >= 15 is 0 Å². The number of hydrogen-bond donors (Lipinski definition) is 1. The highest BCUT2D eigenvalue weighted by molar-refractivity contribution is 5.96. The van der Waals surface area contributed by atoms with Gasteiger partial charge in [0.15, 0.2) is 11.5 Å². The van der Waals surface area contributed by atoms with Gasteiger partial charge in [-0.15, -0.1) is 0 Å². The number of carbonyl (C=O) groups excluding carboxylic acids is 1. The quantitative estimate of drug-likeness (QED) is 0.687. The van der Waals surface area contributed by atoms with E-state index in [1.165, 1.54) is 6.33 Å². The molecule has 1 aliphatic carbocycles. The maximum Gasteiger partial charge on any atom is 0.392 e. The zero-order valence-corrected chi connectivity index (χ0v) is 14.7. The topological polar surface area (TPSA) is 87.9 Å².